The summed E-state index contributed by atoms with van der Waals surface area (Å²) < 4.78 is 2.13. The molecule has 2 amide bonds. The Bertz CT molecular complexity index is 892. The van der Waals surface area contributed by atoms with Crippen LogP contribution in [0, 0.1) is 0 Å². The molecule has 2 fully saturated rings. The van der Waals surface area contributed by atoms with Crippen LogP contribution < -0.4 is 5.32 Å². The van der Waals surface area contributed by atoms with Gasteiger partial charge in [-0.25, -0.2) is 4.98 Å². The number of para-hydroxylation sites is 2. The average molecular weight is 439 g/mol. The molecule has 0 atom stereocenters. The smallest absolute Gasteiger partial charge is 0.243 e. The van der Waals surface area contributed by atoms with Crippen molar-refractivity contribution in [3.63, 3.8) is 0 Å². The van der Waals surface area contributed by atoms with Crippen LogP contribution in [0.4, 0.5) is 0 Å². The molecular weight excluding hydrogens is 400 g/mol. The topological polar surface area (TPSA) is 67.2 Å². The van der Waals surface area contributed by atoms with E-state index in [1.807, 2.05) is 18.2 Å². The van der Waals surface area contributed by atoms with Crippen molar-refractivity contribution >= 4 is 22.8 Å². The lowest BCUT2D eigenvalue weighted by Gasteiger charge is -2.42. The van der Waals surface area contributed by atoms with Crippen LogP contribution in [0.2, 0.25) is 0 Å². The van der Waals surface area contributed by atoms with Crippen LogP contribution in [0.15, 0.2) is 24.3 Å². The van der Waals surface area contributed by atoms with Gasteiger partial charge in [-0.15, -0.1) is 0 Å². The van der Waals surface area contributed by atoms with Crippen LogP contribution in [0.25, 0.3) is 11.0 Å². The predicted molar refractivity (Wildman–Crippen MR) is 127 cm³/mol. The van der Waals surface area contributed by atoms with Crippen molar-refractivity contribution in [3.8, 4) is 0 Å². The van der Waals surface area contributed by atoms with Crippen molar-refractivity contribution < 1.29 is 9.59 Å². The Morgan fingerprint density at radius 1 is 1.00 bits per heavy atom. The summed E-state index contributed by atoms with van der Waals surface area (Å²) in [6.07, 6.45) is 13.7. The molecule has 1 N–H and O–H groups in total. The summed E-state index contributed by atoms with van der Waals surface area (Å²) in [6, 6.07) is 8.91. The average Bonchev–Trinajstić information content (AvgIpc) is 3.15. The maximum absolute atomic E-state index is 13.8. The summed E-state index contributed by atoms with van der Waals surface area (Å²) in [7, 11) is 0. The molecule has 0 saturated heterocycles. The van der Waals surface area contributed by atoms with Crippen LogP contribution >= 0.6 is 0 Å². The Kier molecular flexibility index (Phi) is 7.82. The summed E-state index contributed by atoms with van der Waals surface area (Å²) in [4.78, 5) is 32.2. The molecule has 1 aromatic heterocycles. The molecule has 6 heteroatoms. The SMILES string of the molecule is CC(=O)NCCCc1nc2ccccc2n1CC(=O)N(C1CCCCC1)C1CCCCC1. The van der Waals surface area contributed by atoms with Crippen LogP contribution in [-0.2, 0) is 22.6 Å². The molecule has 0 radical (unpaired) electrons. The lowest BCUT2D eigenvalue weighted by molar-refractivity contribution is -0.138. The lowest BCUT2D eigenvalue weighted by Crippen LogP contribution is -2.50. The van der Waals surface area contributed by atoms with Gasteiger partial charge in [-0.1, -0.05) is 50.7 Å². The van der Waals surface area contributed by atoms with Gasteiger partial charge in [-0.3, -0.25) is 9.59 Å². The van der Waals surface area contributed by atoms with Crippen molar-refractivity contribution in [1.29, 1.82) is 0 Å². The zero-order valence-corrected chi connectivity index (χ0v) is 19.5. The first-order valence-electron chi connectivity index (χ1n) is 12.6. The molecule has 32 heavy (non-hydrogen) atoms. The summed E-state index contributed by atoms with van der Waals surface area (Å²) in [5, 5.41) is 2.86. The molecular formula is C26H38N4O2. The number of hydrogen-bond acceptors (Lipinski definition) is 3. The van der Waals surface area contributed by atoms with Crippen molar-refractivity contribution in [3.05, 3.63) is 30.1 Å². The Morgan fingerprint density at radius 3 is 2.25 bits per heavy atom. The van der Waals surface area contributed by atoms with Crippen LogP contribution in [0.5, 0.6) is 0 Å². The van der Waals surface area contributed by atoms with E-state index in [9.17, 15) is 9.59 Å². The van der Waals surface area contributed by atoms with Gasteiger partial charge in [-0.05, 0) is 44.2 Å². The van der Waals surface area contributed by atoms with Gasteiger partial charge in [0.05, 0.1) is 11.0 Å². The van der Waals surface area contributed by atoms with Crippen LogP contribution in [0.1, 0.15) is 83.4 Å². The molecule has 2 aliphatic carbocycles. The highest BCUT2D eigenvalue weighted by molar-refractivity contribution is 5.81. The van der Waals surface area contributed by atoms with Crippen molar-refractivity contribution in [2.24, 2.45) is 0 Å². The first-order chi connectivity index (χ1) is 15.6. The van der Waals surface area contributed by atoms with Gasteiger partial charge < -0.3 is 14.8 Å². The number of imidazole rings is 1. The second-order valence-corrected chi connectivity index (χ2v) is 9.57. The van der Waals surface area contributed by atoms with E-state index in [2.05, 4.69) is 20.9 Å². The third-order valence-corrected chi connectivity index (χ3v) is 7.20. The zero-order chi connectivity index (χ0) is 22.3. The number of nitrogens with one attached hydrogen (secondary N) is 1. The molecule has 2 aromatic rings. The minimum Gasteiger partial charge on any atom is -0.356 e. The summed E-state index contributed by atoms with van der Waals surface area (Å²) in [5.74, 6) is 1.19. The molecule has 1 heterocycles. The number of carbonyl (C=O) groups is 2. The van der Waals surface area contributed by atoms with Crippen molar-refractivity contribution in [2.75, 3.05) is 6.54 Å². The van der Waals surface area contributed by atoms with Crippen molar-refractivity contribution in [1.82, 2.24) is 19.8 Å². The second kappa shape index (κ2) is 11.0. The maximum atomic E-state index is 13.8. The van der Waals surface area contributed by atoms with Crippen LogP contribution in [-0.4, -0.2) is 44.9 Å². The number of fused-ring (bicyclic) bond motifs is 1. The fourth-order valence-corrected chi connectivity index (χ4v) is 5.64. The minimum absolute atomic E-state index is 0.00992. The number of amides is 2. The number of hydrogen-bond donors (Lipinski definition) is 1. The Labute approximate surface area is 191 Å². The number of rotatable bonds is 8. The van der Waals surface area contributed by atoms with Gasteiger partial charge >= 0.3 is 0 Å². The number of carbonyl (C=O) groups excluding carboxylic acids is 2. The van der Waals surface area contributed by atoms with Gasteiger partial charge in [-0.2, -0.15) is 0 Å². The van der Waals surface area contributed by atoms with E-state index in [4.69, 9.17) is 4.98 Å². The fourth-order valence-electron chi connectivity index (χ4n) is 5.64. The van der Waals surface area contributed by atoms with E-state index >= 15 is 0 Å². The third kappa shape index (κ3) is 5.51. The van der Waals surface area contributed by atoms with Gasteiger partial charge in [0.1, 0.15) is 12.4 Å². The zero-order valence-electron chi connectivity index (χ0n) is 19.5. The predicted octanol–water partition coefficient (Wildman–Crippen LogP) is 4.60. The third-order valence-electron chi connectivity index (χ3n) is 7.20. The molecule has 2 aliphatic rings. The van der Waals surface area contributed by atoms with E-state index < -0.39 is 0 Å². The molecule has 6 nitrogen and oxygen atoms in total. The molecule has 4 rings (SSSR count). The number of aromatic nitrogens is 2. The molecule has 0 spiro atoms. The number of aryl methyl sites for hydroxylation is 1. The quantitative estimate of drug-likeness (QED) is 0.613. The van der Waals surface area contributed by atoms with Gasteiger partial charge in [0.2, 0.25) is 11.8 Å². The number of benzene rings is 1. The monoisotopic (exact) mass is 438 g/mol. The Balaban J connectivity index is 1.55. The standard InChI is InChI=1S/C26H38N4O2/c1-20(31)27-18-10-17-25-28-23-15-8-9-16-24(23)29(25)19-26(32)30(21-11-4-2-5-12-21)22-13-6-3-7-14-22/h8-9,15-16,21-22H,2-7,10-14,17-19H2,1H3,(H,27,31). The van der Waals surface area contributed by atoms with Crippen molar-refractivity contribution in [2.45, 2.75) is 103 Å². The summed E-state index contributed by atoms with van der Waals surface area (Å²) >= 11 is 0. The van der Waals surface area contributed by atoms with E-state index in [0.29, 0.717) is 25.2 Å². The van der Waals surface area contributed by atoms with Crippen LogP contribution in [0.3, 0.4) is 0 Å². The molecule has 0 bridgehead atoms. The van der Waals surface area contributed by atoms with Gasteiger partial charge in [0.15, 0.2) is 0 Å². The van der Waals surface area contributed by atoms with Gasteiger partial charge in [0, 0.05) is 32.0 Å². The first-order valence-corrected chi connectivity index (χ1v) is 12.6. The van der Waals surface area contributed by atoms with E-state index in [0.717, 1.165) is 55.4 Å². The van der Waals surface area contributed by atoms with E-state index in [1.165, 1.54) is 38.5 Å². The van der Waals surface area contributed by atoms with Gasteiger partial charge in [0.25, 0.3) is 0 Å². The molecule has 1 aromatic carbocycles. The Hall–Kier alpha value is -2.37. The maximum Gasteiger partial charge on any atom is 0.243 e. The molecule has 174 valence electrons. The molecule has 2 saturated carbocycles. The van der Waals surface area contributed by atoms with E-state index in [-0.39, 0.29) is 11.8 Å². The Morgan fingerprint density at radius 2 is 1.62 bits per heavy atom. The second-order valence-electron chi connectivity index (χ2n) is 9.57. The summed E-state index contributed by atoms with van der Waals surface area (Å²) in [6.45, 7) is 2.53. The lowest BCUT2D eigenvalue weighted by atomic mass is 9.88. The normalized spacial score (nSPS) is 18.0. The molecule has 0 unspecified atom stereocenters. The number of nitrogens with zero attached hydrogens (tertiary/aromatic N) is 3. The van der Waals surface area contributed by atoms with E-state index in [1.54, 1.807) is 6.92 Å². The largest absolute Gasteiger partial charge is 0.356 e. The molecule has 0 aliphatic heterocycles. The fraction of sp³-hybridized carbons (Fsp3) is 0.654. The highest BCUT2D eigenvalue weighted by atomic mass is 16.2. The minimum atomic E-state index is -0.00992. The summed E-state index contributed by atoms with van der Waals surface area (Å²) in [5.41, 5.74) is 1.97. The highest BCUT2D eigenvalue weighted by Gasteiger charge is 2.32. The highest BCUT2D eigenvalue weighted by Crippen LogP contribution is 2.31. The first kappa shape index (κ1) is 22.8.